The zero-order chi connectivity index (χ0) is 22.7. The summed E-state index contributed by atoms with van der Waals surface area (Å²) in [6.45, 7) is 5.22. The normalized spacial score (nSPS) is 22.1. The molecule has 5 heterocycles. The number of nitrogens with one attached hydrogen (secondary N) is 1. The van der Waals surface area contributed by atoms with Gasteiger partial charge in [-0.2, -0.15) is 8.42 Å². The number of piperidine rings is 3. The summed E-state index contributed by atoms with van der Waals surface area (Å²) in [4.78, 5) is 21.3. The highest BCUT2D eigenvalue weighted by Gasteiger charge is 2.35. The number of aryl methyl sites for hydroxylation is 1. The maximum Gasteiger partial charge on any atom is 0.294 e. The lowest BCUT2D eigenvalue weighted by molar-refractivity contribution is 0.0620. The van der Waals surface area contributed by atoms with Gasteiger partial charge in [0.1, 0.15) is 0 Å². The highest BCUT2D eigenvalue weighted by Crippen LogP contribution is 2.31. The molecule has 3 aliphatic rings. The zero-order valence-corrected chi connectivity index (χ0v) is 20.0. The molecule has 1 aromatic carbocycles. The Kier molecular flexibility index (Phi) is 7.06. The van der Waals surface area contributed by atoms with Crippen molar-refractivity contribution in [2.45, 2.75) is 30.7 Å². The van der Waals surface area contributed by atoms with Crippen LogP contribution >= 0.6 is 22.7 Å². The molecule has 3 aromatic rings. The lowest BCUT2D eigenvalue weighted by Gasteiger charge is -2.44. The largest absolute Gasteiger partial charge is 0.346 e. The van der Waals surface area contributed by atoms with Crippen LogP contribution in [-0.2, 0) is 10.1 Å². The summed E-state index contributed by atoms with van der Waals surface area (Å²) in [5, 5.41) is 5.82. The number of fused-ring (bicyclic) bond motifs is 3. The minimum atomic E-state index is -4.02. The van der Waals surface area contributed by atoms with Crippen molar-refractivity contribution in [3.8, 4) is 9.75 Å². The Morgan fingerprint density at radius 3 is 2.44 bits per heavy atom. The SMILES string of the molecule is Cc1ccc(S(=O)(=O)O)cc1.O=C(N[C@H]1CN2CCC1CC2)c1ncc(-c2cccs2)s1. The molecule has 6 rings (SSSR count). The fourth-order valence-corrected chi connectivity index (χ4v) is 6.10. The zero-order valence-electron chi connectivity index (χ0n) is 17.6. The Hall–Kier alpha value is -2.11. The van der Waals surface area contributed by atoms with Crippen LogP contribution in [0.15, 0.2) is 52.9 Å². The van der Waals surface area contributed by atoms with Gasteiger partial charge in [-0.25, -0.2) is 4.98 Å². The summed E-state index contributed by atoms with van der Waals surface area (Å²) in [7, 11) is -4.02. The second-order valence-corrected chi connectivity index (χ2v) is 11.4. The number of benzene rings is 1. The number of nitrogens with zero attached hydrogens (tertiary/aromatic N) is 2. The maximum atomic E-state index is 12.4. The third-order valence-electron chi connectivity index (χ3n) is 5.76. The molecule has 3 fully saturated rings. The Bertz CT molecular complexity index is 1150. The predicted molar refractivity (Wildman–Crippen MR) is 127 cm³/mol. The predicted octanol–water partition coefficient (Wildman–Crippen LogP) is 3.94. The van der Waals surface area contributed by atoms with Crippen molar-refractivity contribution in [1.82, 2.24) is 15.2 Å². The lowest BCUT2D eigenvalue weighted by atomic mass is 9.84. The smallest absolute Gasteiger partial charge is 0.294 e. The van der Waals surface area contributed by atoms with Crippen LogP contribution < -0.4 is 5.32 Å². The van der Waals surface area contributed by atoms with E-state index in [-0.39, 0.29) is 10.8 Å². The standard InChI is InChI=1S/C15H17N3OS2.C7H8O3S/c19-14(17-11-9-18-5-3-10(11)4-6-18)15-16-8-13(21-15)12-2-1-7-20-12;1-6-2-4-7(5-3-6)11(8,9)10/h1-2,7-8,10-11H,3-6,9H2,(H,17,19);2-5H,1H3,(H,8,9,10)/t11-;/m0./s1. The first-order valence-electron chi connectivity index (χ1n) is 10.4. The summed E-state index contributed by atoms with van der Waals surface area (Å²) in [6, 6.07) is 10.4. The van der Waals surface area contributed by atoms with Gasteiger partial charge < -0.3 is 10.2 Å². The number of thiazole rings is 1. The molecular formula is C22H25N3O4S3. The molecule has 3 saturated heterocycles. The molecule has 0 spiro atoms. The van der Waals surface area contributed by atoms with Crippen molar-refractivity contribution >= 4 is 38.7 Å². The van der Waals surface area contributed by atoms with Crippen LogP contribution in [0, 0.1) is 12.8 Å². The number of amides is 1. The van der Waals surface area contributed by atoms with Crippen molar-refractivity contribution in [2.24, 2.45) is 5.92 Å². The van der Waals surface area contributed by atoms with Crippen LogP contribution in [0.5, 0.6) is 0 Å². The molecule has 0 saturated carbocycles. The molecule has 7 nitrogen and oxygen atoms in total. The number of aromatic nitrogens is 1. The number of thiophene rings is 1. The minimum Gasteiger partial charge on any atom is -0.346 e. The number of carbonyl (C=O) groups excluding carboxylic acids is 1. The second-order valence-electron chi connectivity index (χ2n) is 8.01. The quantitative estimate of drug-likeness (QED) is 0.537. The van der Waals surface area contributed by atoms with Crippen molar-refractivity contribution in [3.05, 3.63) is 58.5 Å². The molecule has 3 aliphatic heterocycles. The molecule has 2 bridgehead atoms. The summed E-state index contributed by atoms with van der Waals surface area (Å²) < 4.78 is 29.6. The molecule has 1 atom stereocenters. The number of hydrogen-bond acceptors (Lipinski definition) is 7. The van der Waals surface area contributed by atoms with E-state index in [2.05, 4.69) is 21.3 Å². The molecule has 0 radical (unpaired) electrons. The van der Waals surface area contributed by atoms with Gasteiger partial charge in [0.15, 0.2) is 5.01 Å². The number of carbonyl (C=O) groups is 1. The second kappa shape index (κ2) is 9.80. The van der Waals surface area contributed by atoms with Gasteiger partial charge in [0, 0.05) is 23.7 Å². The lowest BCUT2D eigenvalue weighted by Crippen LogP contribution is -2.57. The Morgan fingerprint density at radius 1 is 1.16 bits per heavy atom. The first kappa shape index (κ1) is 23.1. The van der Waals surface area contributed by atoms with Crippen LogP contribution in [-0.4, -0.2) is 54.4 Å². The van der Waals surface area contributed by atoms with Gasteiger partial charge in [-0.3, -0.25) is 9.35 Å². The van der Waals surface area contributed by atoms with Crippen LogP contribution in [0.4, 0.5) is 0 Å². The van der Waals surface area contributed by atoms with Gasteiger partial charge in [-0.15, -0.1) is 22.7 Å². The Morgan fingerprint density at radius 2 is 1.88 bits per heavy atom. The molecular weight excluding hydrogens is 466 g/mol. The van der Waals surface area contributed by atoms with Gasteiger partial charge >= 0.3 is 0 Å². The minimum absolute atomic E-state index is 0.0124. The third-order valence-corrected chi connectivity index (χ3v) is 8.69. The summed E-state index contributed by atoms with van der Waals surface area (Å²) >= 11 is 3.16. The van der Waals surface area contributed by atoms with E-state index in [0.717, 1.165) is 17.0 Å². The molecule has 2 N–H and O–H groups in total. The Balaban J connectivity index is 0.000000189. The topological polar surface area (TPSA) is 99.6 Å². The molecule has 0 unspecified atom stereocenters. The van der Waals surface area contributed by atoms with E-state index < -0.39 is 10.1 Å². The highest BCUT2D eigenvalue weighted by atomic mass is 32.2. The van der Waals surface area contributed by atoms with E-state index in [1.54, 1.807) is 23.5 Å². The highest BCUT2D eigenvalue weighted by molar-refractivity contribution is 7.85. The maximum absolute atomic E-state index is 12.4. The molecule has 170 valence electrons. The van der Waals surface area contributed by atoms with E-state index in [0.29, 0.717) is 17.0 Å². The third kappa shape index (κ3) is 5.62. The number of hydrogen-bond donors (Lipinski definition) is 2. The van der Waals surface area contributed by atoms with E-state index in [1.807, 2.05) is 24.6 Å². The van der Waals surface area contributed by atoms with Crippen molar-refractivity contribution in [2.75, 3.05) is 19.6 Å². The average molecular weight is 492 g/mol. The van der Waals surface area contributed by atoms with Crippen molar-refractivity contribution in [3.63, 3.8) is 0 Å². The van der Waals surface area contributed by atoms with Crippen LogP contribution in [0.2, 0.25) is 0 Å². The van der Waals surface area contributed by atoms with Gasteiger partial charge in [-0.05, 0) is 62.4 Å². The van der Waals surface area contributed by atoms with E-state index in [1.165, 1.54) is 54.3 Å². The van der Waals surface area contributed by atoms with Gasteiger partial charge in [0.25, 0.3) is 16.0 Å². The van der Waals surface area contributed by atoms with E-state index in [4.69, 9.17) is 4.55 Å². The van der Waals surface area contributed by atoms with Crippen LogP contribution in [0.3, 0.4) is 0 Å². The first-order chi connectivity index (χ1) is 15.3. The van der Waals surface area contributed by atoms with Gasteiger partial charge in [0.2, 0.25) is 0 Å². The van der Waals surface area contributed by atoms with E-state index >= 15 is 0 Å². The first-order valence-corrected chi connectivity index (χ1v) is 13.5. The van der Waals surface area contributed by atoms with Crippen LogP contribution in [0.25, 0.3) is 9.75 Å². The van der Waals surface area contributed by atoms with Gasteiger partial charge in [-0.1, -0.05) is 23.8 Å². The summed E-state index contributed by atoms with van der Waals surface area (Å²) in [6.07, 6.45) is 4.23. The van der Waals surface area contributed by atoms with Crippen molar-refractivity contribution in [1.29, 1.82) is 0 Å². The monoisotopic (exact) mass is 491 g/mol. The number of rotatable bonds is 4. The van der Waals surface area contributed by atoms with Gasteiger partial charge in [0.05, 0.1) is 9.77 Å². The fraction of sp³-hybridized carbons (Fsp3) is 0.364. The Labute approximate surface area is 195 Å². The summed E-state index contributed by atoms with van der Waals surface area (Å²) in [5.74, 6) is 0.636. The molecule has 10 heteroatoms. The fourth-order valence-electron chi connectivity index (χ4n) is 3.98. The summed E-state index contributed by atoms with van der Waals surface area (Å²) in [5.41, 5.74) is 0.956. The molecule has 32 heavy (non-hydrogen) atoms. The molecule has 1 amide bonds. The molecule has 2 aromatic heterocycles. The van der Waals surface area contributed by atoms with Crippen molar-refractivity contribution < 1.29 is 17.8 Å². The molecule has 0 aliphatic carbocycles. The van der Waals surface area contributed by atoms with E-state index in [9.17, 15) is 13.2 Å². The average Bonchev–Trinajstić information content (AvgIpc) is 3.47. The van der Waals surface area contributed by atoms with Crippen LogP contribution in [0.1, 0.15) is 28.2 Å².